The summed E-state index contributed by atoms with van der Waals surface area (Å²) in [5, 5.41) is 21.9. The molecule has 0 radical (unpaired) electrons. The molecule has 0 unspecified atom stereocenters. The number of aromatic nitrogens is 3. The number of nitriles is 1. The molecule has 0 aliphatic carbocycles. The molecule has 0 aliphatic heterocycles. The van der Waals surface area contributed by atoms with Crippen LogP contribution in [-0.4, -0.2) is 32.3 Å². The first-order valence-electron chi connectivity index (χ1n) is 6.85. The molecule has 1 aromatic carbocycles. The second kappa shape index (κ2) is 7.98. The fraction of sp³-hybridized carbons (Fsp3) is 0.214. The van der Waals surface area contributed by atoms with Crippen molar-refractivity contribution < 1.29 is 9.59 Å². The molecule has 0 atom stereocenters. The number of nitrogen functional groups attached to an aromatic ring is 1. The van der Waals surface area contributed by atoms with Gasteiger partial charge in [0.05, 0.1) is 11.8 Å². The third-order valence-corrected chi connectivity index (χ3v) is 3.64. The number of carbonyl (C=O) groups excluding carboxylic acids is 2. The molecule has 2 amide bonds. The molecule has 124 valence electrons. The van der Waals surface area contributed by atoms with Gasteiger partial charge in [0.25, 0.3) is 0 Å². The highest BCUT2D eigenvalue weighted by Crippen LogP contribution is 2.18. The molecule has 0 saturated heterocycles. The molecule has 0 bridgehead atoms. The number of thioether (sulfide) groups is 1. The first-order chi connectivity index (χ1) is 11.5. The third kappa shape index (κ3) is 4.72. The van der Waals surface area contributed by atoms with Gasteiger partial charge >= 0.3 is 0 Å². The number of amides is 2. The molecular weight excluding hydrogens is 330 g/mol. The number of hydrogen-bond acceptors (Lipinski definition) is 7. The van der Waals surface area contributed by atoms with Gasteiger partial charge in [-0.2, -0.15) is 5.26 Å². The van der Waals surface area contributed by atoms with Crippen molar-refractivity contribution in [2.24, 2.45) is 0 Å². The van der Waals surface area contributed by atoms with Crippen LogP contribution in [0.1, 0.15) is 6.92 Å². The molecule has 24 heavy (non-hydrogen) atoms. The predicted molar refractivity (Wildman–Crippen MR) is 90.1 cm³/mol. The highest BCUT2D eigenvalue weighted by atomic mass is 32.2. The van der Waals surface area contributed by atoms with Crippen molar-refractivity contribution in [3.63, 3.8) is 0 Å². The summed E-state index contributed by atoms with van der Waals surface area (Å²) in [5.41, 5.74) is 6.91. The minimum atomic E-state index is -0.312. The number of benzene rings is 1. The maximum Gasteiger partial charge on any atom is 0.244 e. The van der Waals surface area contributed by atoms with Crippen LogP contribution in [0.3, 0.4) is 0 Å². The smallest absolute Gasteiger partial charge is 0.244 e. The number of anilines is 3. The summed E-state index contributed by atoms with van der Waals surface area (Å²) in [7, 11) is 0. The molecule has 2 rings (SSSR count). The first kappa shape index (κ1) is 17.3. The Balaban J connectivity index is 1.99. The average molecular weight is 345 g/mol. The molecule has 0 fully saturated rings. The van der Waals surface area contributed by atoms with E-state index >= 15 is 0 Å². The van der Waals surface area contributed by atoms with E-state index in [4.69, 9.17) is 11.0 Å². The van der Waals surface area contributed by atoms with Crippen LogP contribution < -0.4 is 16.4 Å². The van der Waals surface area contributed by atoms with E-state index in [1.807, 2.05) is 6.07 Å². The second-order valence-electron chi connectivity index (χ2n) is 4.68. The highest BCUT2D eigenvalue weighted by Gasteiger charge is 2.13. The summed E-state index contributed by atoms with van der Waals surface area (Å²) in [6.45, 7) is 1.35. The summed E-state index contributed by atoms with van der Waals surface area (Å²) >= 11 is 1.15. The maximum atomic E-state index is 12.1. The van der Waals surface area contributed by atoms with E-state index in [0.29, 0.717) is 16.5 Å². The molecule has 10 heteroatoms. The molecule has 9 nitrogen and oxygen atoms in total. The Morgan fingerprint density at radius 3 is 2.46 bits per heavy atom. The van der Waals surface area contributed by atoms with Crippen molar-refractivity contribution in [2.45, 2.75) is 18.6 Å². The Labute approximate surface area is 142 Å². The molecular formula is C14H15N7O2S. The van der Waals surface area contributed by atoms with Crippen LogP contribution >= 0.6 is 11.8 Å². The number of nitrogens with one attached hydrogen (secondary N) is 2. The van der Waals surface area contributed by atoms with Crippen molar-refractivity contribution >= 4 is 40.9 Å². The van der Waals surface area contributed by atoms with Crippen LogP contribution in [-0.2, 0) is 16.1 Å². The van der Waals surface area contributed by atoms with Crippen LogP contribution in [0.4, 0.5) is 17.3 Å². The van der Waals surface area contributed by atoms with Gasteiger partial charge < -0.3 is 16.4 Å². The van der Waals surface area contributed by atoms with Crippen molar-refractivity contribution in [2.75, 3.05) is 22.1 Å². The first-order valence-corrected chi connectivity index (χ1v) is 7.84. The van der Waals surface area contributed by atoms with Gasteiger partial charge in [0, 0.05) is 18.3 Å². The molecule has 0 aliphatic rings. The van der Waals surface area contributed by atoms with E-state index in [-0.39, 0.29) is 30.1 Å². The topological polar surface area (TPSA) is 139 Å². The SMILES string of the molecule is CC(=O)Nc1ccc(NC(=O)Cn2c(N)nnc2SCC#N)cc1. The van der Waals surface area contributed by atoms with E-state index in [2.05, 4.69) is 20.8 Å². The zero-order valence-corrected chi connectivity index (χ0v) is 13.6. The lowest BCUT2D eigenvalue weighted by Crippen LogP contribution is -2.20. The van der Waals surface area contributed by atoms with Crippen LogP contribution in [0.15, 0.2) is 29.4 Å². The van der Waals surface area contributed by atoms with Gasteiger partial charge in [-0.3, -0.25) is 14.2 Å². The second-order valence-corrected chi connectivity index (χ2v) is 5.62. The Kier molecular flexibility index (Phi) is 5.75. The summed E-state index contributed by atoms with van der Waals surface area (Å²) in [6.07, 6.45) is 0. The largest absolute Gasteiger partial charge is 0.368 e. The third-order valence-electron chi connectivity index (χ3n) is 2.80. The van der Waals surface area contributed by atoms with E-state index < -0.39 is 0 Å². The molecule has 2 aromatic rings. The van der Waals surface area contributed by atoms with Gasteiger partial charge in [-0.05, 0) is 24.3 Å². The fourth-order valence-electron chi connectivity index (χ4n) is 1.84. The summed E-state index contributed by atoms with van der Waals surface area (Å²) in [5.74, 6) is -0.193. The molecule has 0 spiro atoms. The van der Waals surface area contributed by atoms with Gasteiger partial charge in [0.15, 0.2) is 5.16 Å². The van der Waals surface area contributed by atoms with Gasteiger partial charge in [-0.25, -0.2) is 0 Å². The van der Waals surface area contributed by atoms with Crippen molar-refractivity contribution in [1.82, 2.24) is 14.8 Å². The standard InChI is InChI=1S/C14H15N7O2S/c1-9(22)17-10-2-4-11(5-3-10)18-12(23)8-21-13(16)19-20-14(21)24-7-6-15/h2-5H,7-8H2,1H3,(H2,16,19)(H,17,22)(H,18,23). The van der Waals surface area contributed by atoms with E-state index in [0.717, 1.165) is 11.8 Å². The summed E-state index contributed by atoms with van der Waals surface area (Å²) in [4.78, 5) is 23.1. The molecule has 0 saturated carbocycles. The van der Waals surface area contributed by atoms with E-state index in [9.17, 15) is 9.59 Å². The van der Waals surface area contributed by atoms with Gasteiger partial charge in [-0.1, -0.05) is 11.8 Å². The van der Waals surface area contributed by atoms with Crippen LogP contribution in [0.5, 0.6) is 0 Å². The minimum Gasteiger partial charge on any atom is -0.368 e. The average Bonchev–Trinajstić information content (AvgIpc) is 2.87. The number of hydrogen-bond donors (Lipinski definition) is 3. The lowest BCUT2D eigenvalue weighted by atomic mass is 10.2. The van der Waals surface area contributed by atoms with Gasteiger partial charge in [0.1, 0.15) is 6.54 Å². The Hall–Kier alpha value is -3.06. The zero-order valence-electron chi connectivity index (χ0n) is 12.8. The fourth-order valence-corrected chi connectivity index (χ4v) is 2.44. The minimum absolute atomic E-state index is 0.0694. The van der Waals surface area contributed by atoms with Gasteiger partial charge in [-0.15, -0.1) is 10.2 Å². The van der Waals surface area contributed by atoms with Crippen molar-refractivity contribution in [3.8, 4) is 6.07 Å². The van der Waals surface area contributed by atoms with Crippen LogP contribution in [0.25, 0.3) is 0 Å². The van der Waals surface area contributed by atoms with Crippen molar-refractivity contribution in [3.05, 3.63) is 24.3 Å². The maximum absolute atomic E-state index is 12.1. The number of rotatable bonds is 6. The Morgan fingerprint density at radius 1 is 1.25 bits per heavy atom. The Morgan fingerprint density at radius 2 is 1.88 bits per heavy atom. The highest BCUT2D eigenvalue weighted by molar-refractivity contribution is 7.99. The number of carbonyl (C=O) groups is 2. The molecule has 1 aromatic heterocycles. The van der Waals surface area contributed by atoms with Crippen LogP contribution in [0, 0.1) is 11.3 Å². The van der Waals surface area contributed by atoms with Gasteiger partial charge in [0.2, 0.25) is 17.8 Å². The number of nitrogens with zero attached hydrogens (tertiary/aromatic N) is 4. The quantitative estimate of drug-likeness (QED) is 0.665. The predicted octanol–water partition coefficient (Wildman–Crippen LogP) is 1.07. The number of nitrogens with two attached hydrogens (primary N) is 1. The van der Waals surface area contributed by atoms with E-state index in [1.54, 1.807) is 24.3 Å². The lowest BCUT2D eigenvalue weighted by Gasteiger charge is -2.09. The molecule has 4 N–H and O–H groups in total. The molecule has 1 heterocycles. The van der Waals surface area contributed by atoms with E-state index in [1.165, 1.54) is 11.5 Å². The Bertz CT molecular complexity index is 779. The summed E-state index contributed by atoms with van der Waals surface area (Å²) in [6, 6.07) is 8.67. The summed E-state index contributed by atoms with van der Waals surface area (Å²) < 4.78 is 1.43. The zero-order chi connectivity index (χ0) is 17.5. The van der Waals surface area contributed by atoms with Crippen molar-refractivity contribution in [1.29, 1.82) is 5.26 Å². The monoisotopic (exact) mass is 345 g/mol. The van der Waals surface area contributed by atoms with Crippen LogP contribution in [0.2, 0.25) is 0 Å². The lowest BCUT2D eigenvalue weighted by molar-refractivity contribution is -0.117. The normalized spacial score (nSPS) is 10.0.